The number of hydrogen-bond donors (Lipinski definition) is 1. The number of nitrogens with zero attached hydrogens (tertiary/aromatic N) is 2. The number of likely N-dealkylation sites (N-methyl/N-ethyl adjacent to an activating group) is 1. The molecule has 0 spiro atoms. The molecule has 3 heteroatoms. The number of likely N-dealkylation sites (tertiary alicyclic amines) is 1. The molecule has 0 radical (unpaired) electrons. The first-order valence-electron chi connectivity index (χ1n) is 6.23. The van der Waals surface area contributed by atoms with E-state index < -0.39 is 0 Å². The molecule has 3 nitrogen and oxygen atoms in total. The van der Waals surface area contributed by atoms with Crippen LogP contribution in [0.5, 0.6) is 0 Å². The maximum Gasteiger partial charge on any atom is 0.0189 e. The van der Waals surface area contributed by atoms with Gasteiger partial charge in [-0.05, 0) is 53.5 Å². The lowest BCUT2D eigenvalue weighted by molar-refractivity contribution is 0.135. The second kappa shape index (κ2) is 6.46. The van der Waals surface area contributed by atoms with Crippen molar-refractivity contribution >= 4 is 0 Å². The van der Waals surface area contributed by atoms with Gasteiger partial charge < -0.3 is 15.1 Å². The highest BCUT2D eigenvalue weighted by Crippen LogP contribution is 2.14. The summed E-state index contributed by atoms with van der Waals surface area (Å²) in [6.07, 6.45) is 3.88. The lowest BCUT2D eigenvalue weighted by atomic mass is 10.0. The Morgan fingerprint density at radius 2 is 1.93 bits per heavy atom. The van der Waals surface area contributed by atoms with Gasteiger partial charge >= 0.3 is 0 Å². The lowest BCUT2D eigenvalue weighted by Gasteiger charge is -2.36. The zero-order valence-corrected chi connectivity index (χ0v) is 10.8. The van der Waals surface area contributed by atoms with Gasteiger partial charge in [0.2, 0.25) is 0 Å². The Morgan fingerprint density at radius 1 is 1.33 bits per heavy atom. The summed E-state index contributed by atoms with van der Waals surface area (Å²) in [5, 5.41) is 3.38. The maximum absolute atomic E-state index is 3.38. The molecule has 1 atom stereocenters. The molecule has 90 valence electrons. The summed E-state index contributed by atoms with van der Waals surface area (Å²) in [6.45, 7) is 6.00. The standard InChI is InChI=1S/C12H27N3/c1-5-11(13-2)10-15-8-6-12(7-9-15)14(3)4/h11-13H,5-10H2,1-4H3. The van der Waals surface area contributed by atoms with Gasteiger partial charge in [-0.3, -0.25) is 0 Å². The summed E-state index contributed by atoms with van der Waals surface area (Å²) >= 11 is 0. The van der Waals surface area contributed by atoms with Crippen LogP contribution in [0.1, 0.15) is 26.2 Å². The Labute approximate surface area is 94.8 Å². The Kier molecular flexibility index (Phi) is 5.58. The summed E-state index contributed by atoms with van der Waals surface area (Å²) < 4.78 is 0. The van der Waals surface area contributed by atoms with Crippen LogP contribution in [0.3, 0.4) is 0 Å². The van der Waals surface area contributed by atoms with E-state index in [4.69, 9.17) is 0 Å². The van der Waals surface area contributed by atoms with Crippen molar-refractivity contribution in [1.29, 1.82) is 0 Å². The molecule has 1 N–H and O–H groups in total. The third-order valence-electron chi connectivity index (χ3n) is 3.67. The molecule has 0 aromatic heterocycles. The van der Waals surface area contributed by atoms with Crippen molar-refractivity contribution in [3.8, 4) is 0 Å². The summed E-state index contributed by atoms with van der Waals surface area (Å²) in [5.74, 6) is 0. The van der Waals surface area contributed by atoms with Crippen LogP contribution in [-0.2, 0) is 0 Å². The Hall–Kier alpha value is -0.120. The molecule has 0 amide bonds. The van der Waals surface area contributed by atoms with Gasteiger partial charge in [-0.1, -0.05) is 6.92 Å². The fourth-order valence-electron chi connectivity index (χ4n) is 2.35. The molecule has 1 aliphatic heterocycles. The third kappa shape index (κ3) is 4.09. The minimum absolute atomic E-state index is 0.668. The summed E-state index contributed by atoms with van der Waals surface area (Å²) in [7, 11) is 6.46. The number of rotatable bonds is 5. The van der Waals surface area contributed by atoms with Crippen LogP contribution in [0.4, 0.5) is 0 Å². The molecule has 0 bridgehead atoms. The van der Waals surface area contributed by atoms with Gasteiger partial charge in [-0.15, -0.1) is 0 Å². The second-order valence-corrected chi connectivity index (χ2v) is 4.89. The van der Waals surface area contributed by atoms with E-state index in [1.807, 2.05) is 0 Å². The number of hydrogen-bond acceptors (Lipinski definition) is 3. The first-order chi connectivity index (χ1) is 7.17. The van der Waals surface area contributed by atoms with Crippen molar-refractivity contribution in [3.05, 3.63) is 0 Å². The zero-order valence-electron chi connectivity index (χ0n) is 10.8. The third-order valence-corrected chi connectivity index (χ3v) is 3.67. The van der Waals surface area contributed by atoms with E-state index in [0.29, 0.717) is 6.04 Å². The van der Waals surface area contributed by atoms with Gasteiger partial charge in [0, 0.05) is 18.6 Å². The highest BCUT2D eigenvalue weighted by molar-refractivity contribution is 4.79. The minimum atomic E-state index is 0.668. The topological polar surface area (TPSA) is 18.5 Å². The molecule has 1 rings (SSSR count). The Balaban J connectivity index is 2.25. The van der Waals surface area contributed by atoms with Crippen LogP contribution < -0.4 is 5.32 Å². The molecule has 0 saturated carbocycles. The largest absolute Gasteiger partial charge is 0.316 e. The minimum Gasteiger partial charge on any atom is -0.316 e. The van der Waals surface area contributed by atoms with Crippen molar-refractivity contribution < 1.29 is 0 Å². The van der Waals surface area contributed by atoms with Gasteiger partial charge in [0.05, 0.1) is 0 Å². The average Bonchev–Trinajstić information content (AvgIpc) is 2.26. The predicted octanol–water partition coefficient (Wildman–Crippen LogP) is 1.01. The average molecular weight is 213 g/mol. The van der Waals surface area contributed by atoms with E-state index in [0.717, 1.165) is 6.04 Å². The first-order valence-corrected chi connectivity index (χ1v) is 6.23. The summed E-state index contributed by atoms with van der Waals surface area (Å²) in [4.78, 5) is 4.97. The molecule has 1 heterocycles. The van der Waals surface area contributed by atoms with E-state index in [-0.39, 0.29) is 0 Å². The van der Waals surface area contributed by atoms with Crippen LogP contribution in [-0.4, -0.2) is 62.7 Å². The first kappa shape index (κ1) is 12.9. The molecular formula is C12H27N3. The Bertz CT molecular complexity index is 158. The molecule has 1 saturated heterocycles. The second-order valence-electron chi connectivity index (χ2n) is 4.89. The van der Waals surface area contributed by atoms with Crippen LogP contribution in [0.25, 0.3) is 0 Å². The van der Waals surface area contributed by atoms with Gasteiger partial charge in [0.1, 0.15) is 0 Å². The van der Waals surface area contributed by atoms with Gasteiger partial charge in [0.25, 0.3) is 0 Å². The van der Waals surface area contributed by atoms with Gasteiger partial charge in [-0.2, -0.15) is 0 Å². The van der Waals surface area contributed by atoms with E-state index >= 15 is 0 Å². The molecule has 0 aromatic rings. The highest BCUT2D eigenvalue weighted by atomic mass is 15.2. The molecular weight excluding hydrogens is 186 g/mol. The maximum atomic E-state index is 3.38. The quantitative estimate of drug-likeness (QED) is 0.735. The molecule has 0 aromatic carbocycles. The van der Waals surface area contributed by atoms with Crippen molar-refractivity contribution in [2.24, 2.45) is 0 Å². The van der Waals surface area contributed by atoms with E-state index in [9.17, 15) is 0 Å². The fraction of sp³-hybridized carbons (Fsp3) is 1.00. The fourth-order valence-corrected chi connectivity index (χ4v) is 2.35. The van der Waals surface area contributed by atoms with Crippen molar-refractivity contribution in [3.63, 3.8) is 0 Å². The van der Waals surface area contributed by atoms with Gasteiger partial charge in [0.15, 0.2) is 0 Å². The lowest BCUT2D eigenvalue weighted by Crippen LogP contribution is -2.46. The SMILES string of the molecule is CCC(CN1CCC(N(C)C)CC1)NC. The van der Waals surface area contributed by atoms with Crippen molar-refractivity contribution in [2.45, 2.75) is 38.3 Å². The van der Waals surface area contributed by atoms with Crippen LogP contribution >= 0.6 is 0 Å². The van der Waals surface area contributed by atoms with E-state index in [2.05, 4.69) is 43.2 Å². The molecule has 1 fully saturated rings. The molecule has 1 aliphatic rings. The molecule has 1 unspecified atom stereocenters. The van der Waals surface area contributed by atoms with Crippen molar-refractivity contribution in [1.82, 2.24) is 15.1 Å². The highest BCUT2D eigenvalue weighted by Gasteiger charge is 2.21. The number of nitrogens with one attached hydrogen (secondary N) is 1. The molecule has 0 aliphatic carbocycles. The normalized spacial score (nSPS) is 22.2. The predicted molar refractivity (Wildman–Crippen MR) is 66.3 cm³/mol. The van der Waals surface area contributed by atoms with Crippen LogP contribution in [0, 0.1) is 0 Å². The van der Waals surface area contributed by atoms with E-state index in [1.165, 1.54) is 38.9 Å². The van der Waals surface area contributed by atoms with Crippen LogP contribution in [0.2, 0.25) is 0 Å². The Morgan fingerprint density at radius 3 is 2.33 bits per heavy atom. The smallest absolute Gasteiger partial charge is 0.0189 e. The molecule has 15 heavy (non-hydrogen) atoms. The summed E-state index contributed by atoms with van der Waals surface area (Å²) in [5.41, 5.74) is 0. The number of piperidine rings is 1. The van der Waals surface area contributed by atoms with Crippen LogP contribution in [0.15, 0.2) is 0 Å². The monoisotopic (exact) mass is 213 g/mol. The van der Waals surface area contributed by atoms with Gasteiger partial charge in [-0.25, -0.2) is 0 Å². The van der Waals surface area contributed by atoms with Crippen molar-refractivity contribution in [2.75, 3.05) is 40.8 Å². The van der Waals surface area contributed by atoms with E-state index in [1.54, 1.807) is 0 Å². The zero-order chi connectivity index (χ0) is 11.3. The summed E-state index contributed by atoms with van der Waals surface area (Å²) in [6, 6.07) is 1.47.